The van der Waals surface area contributed by atoms with Crippen molar-refractivity contribution in [2.24, 2.45) is 0 Å². The van der Waals surface area contributed by atoms with Crippen molar-refractivity contribution in [3.63, 3.8) is 0 Å². The van der Waals surface area contributed by atoms with E-state index in [9.17, 15) is 14.9 Å². The molecule has 0 bridgehead atoms. The monoisotopic (exact) mass is 351 g/mol. The number of hydrogen-bond acceptors (Lipinski definition) is 5. The van der Waals surface area contributed by atoms with Crippen LogP contribution < -0.4 is 5.32 Å². The van der Waals surface area contributed by atoms with Gasteiger partial charge in [-0.3, -0.25) is 10.1 Å². The Morgan fingerprint density at radius 3 is 2.62 bits per heavy atom. The third kappa shape index (κ3) is 3.76. The summed E-state index contributed by atoms with van der Waals surface area (Å²) >= 11 is 3.32. The number of hydrogen-bond donors (Lipinski definition) is 2. The van der Waals surface area contributed by atoms with Crippen LogP contribution in [0.2, 0.25) is 0 Å². The van der Waals surface area contributed by atoms with E-state index in [0.717, 1.165) is 22.3 Å². The topological polar surface area (TPSA) is 105 Å². The number of anilines is 1. The normalized spacial score (nSPS) is 10.1. The number of carbonyl (C=O) groups is 1. The highest BCUT2D eigenvalue weighted by molar-refractivity contribution is 9.10. The SMILES string of the molecule is O=C(O)c1cc([N+](=O)[O-])cnc1NCc1ccc(Br)cc1. The molecular weight excluding hydrogens is 342 g/mol. The van der Waals surface area contributed by atoms with Crippen molar-refractivity contribution < 1.29 is 14.8 Å². The second kappa shape index (κ2) is 6.31. The molecule has 0 atom stereocenters. The van der Waals surface area contributed by atoms with E-state index in [1.807, 2.05) is 24.3 Å². The third-order valence-corrected chi connectivity index (χ3v) is 3.22. The van der Waals surface area contributed by atoms with Crippen LogP contribution in [0.1, 0.15) is 15.9 Å². The van der Waals surface area contributed by atoms with Crippen LogP contribution in [-0.2, 0) is 6.54 Å². The van der Waals surface area contributed by atoms with Crippen molar-refractivity contribution in [1.29, 1.82) is 0 Å². The van der Waals surface area contributed by atoms with Gasteiger partial charge in [-0.2, -0.15) is 0 Å². The fourth-order valence-corrected chi connectivity index (χ4v) is 1.91. The van der Waals surface area contributed by atoms with E-state index in [2.05, 4.69) is 26.2 Å². The molecule has 0 unspecified atom stereocenters. The standard InChI is InChI=1S/C13H10BrN3O4/c14-9-3-1-8(2-4-9)6-15-12-11(13(18)19)5-10(7-16-12)17(20)21/h1-5,7H,6H2,(H,15,16)(H,18,19). The number of aromatic nitrogens is 1. The predicted octanol–water partition coefficient (Wildman–Crippen LogP) is 3.06. The minimum Gasteiger partial charge on any atom is -0.478 e. The van der Waals surface area contributed by atoms with Crippen molar-refractivity contribution in [2.75, 3.05) is 5.32 Å². The highest BCUT2D eigenvalue weighted by Gasteiger charge is 2.17. The maximum atomic E-state index is 11.1. The van der Waals surface area contributed by atoms with Crippen LogP contribution in [0.25, 0.3) is 0 Å². The molecule has 0 spiro atoms. The second-order valence-corrected chi connectivity index (χ2v) is 5.05. The molecule has 21 heavy (non-hydrogen) atoms. The van der Waals surface area contributed by atoms with Crippen molar-refractivity contribution in [3.8, 4) is 0 Å². The van der Waals surface area contributed by atoms with Crippen LogP contribution in [0.4, 0.5) is 11.5 Å². The minimum absolute atomic E-state index is 0.0935. The molecule has 0 saturated carbocycles. The first-order valence-electron chi connectivity index (χ1n) is 5.83. The number of aromatic carboxylic acids is 1. The molecule has 108 valence electrons. The highest BCUT2D eigenvalue weighted by Crippen LogP contribution is 2.20. The number of pyridine rings is 1. The third-order valence-electron chi connectivity index (χ3n) is 2.69. The molecule has 0 aliphatic carbocycles. The maximum absolute atomic E-state index is 11.1. The molecule has 1 aromatic heterocycles. The molecule has 2 N–H and O–H groups in total. The molecular formula is C13H10BrN3O4. The lowest BCUT2D eigenvalue weighted by Crippen LogP contribution is -2.09. The fraction of sp³-hybridized carbons (Fsp3) is 0.0769. The molecule has 1 heterocycles. The molecule has 0 amide bonds. The Labute approximate surface area is 127 Å². The van der Waals surface area contributed by atoms with Crippen LogP contribution in [0.15, 0.2) is 41.0 Å². The summed E-state index contributed by atoms with van der Waals surface area (Å²) in [6, 6.07) is 8.43. The van der Waals surface area contributed by atoms with Gasteiger partial charge in [-0.05, 0) is 17.7 Å². The minimum atomic E-state index is -1.27. The Morgan fingerprint density at radius 2 is 2.05 bits per heavy atom. The summed E-state index contributed by atoms with van der Waals surface area (Å²) in [6.07, 6.45) is 1.02. The average molecular weight is 352 g/mol. The summed E-state index contributed by atoms with van der Waals surface area (Å²) in [5.74, 6) is -1.18. The van der Waals surface area contributed by atoms with Gasteiger partial charge in [0.05, 0.1) is 4.92 Å². The molecule has 2 rings (SSSR count). The zero-order valence-electron chi connectivity index (χ0n) is 10.6. The summed E-state index contributed by atoms with van der Waals surface area (Å²) < 4.78 is 0.936. The van der Waals surface area contributed by atoms with Crippen molar-refractivity contribution in [2.45, 2.75) is 6.54 Å². The number of nitro groups is 1. The Hall–Kier alpha value is -2.48. The number of carboxylic acids is 1. The van der Waals surface area contributed by atoms with Gasteiger partial charge in [-0.25, -0.2) is 9.78 Å². The molecule has 0 radical (unpaired) electrons. The van der Waals surface area contributed by atoms with E-state index in [4.69, 9.17) is 5.11 Å². The van der Waals surface area contributed by atoms with Gasteiger partial charge in [0.15, 0.2) is 0 Å². The highest BCUT2D eigenvalue weighted by atomic mass is 79.9. The number of rotatable bonds is 5. The molecule has 0 saturated heterocycles. The Bertz CT molecular complexity index is 688. The van der Waals surface area contributed by atoms with Gasteiger partial charge >= 0.3 is 5.97 Å². The van der Waals surface area contributed by atoms with Crippen molar-refractivity contribution in [3.05, 3.63) is 62.2 Å². The maximum Gasteiger partial charge on any atom is 0.339 e. The van der Waals surface area contributed by atoms with Gasteiger partial charge in [-0.15, -0.1) is 0 Å². The van der Waals surface area contributed by atoms with Crippen LogP contribution >= 0.6 is 15.9 Å². The van der Waals surface area contributed by atoms with Gasteiger partial charge in [0.25, 0.3) is 5.69 Å². The van der Waals surface area contributed by atoms with Crippen LogP contribution in [0, 0.1) is 10.1 Å². The van der Waals surface area contributed by atoms with Crippen molar-refractivity contribution in [1.82, 2.24) is 4.98 Å². The smallest absolute Gasteiger partial charge is 0.339 e. The summed E-state index contributed by atoms with van der Waals surface area (Å²) in [5.41, 5.74) is 0.331. The van der Waals surface area contributed by atoms with Gasteiger partial charge in [0.2, 0.25) is 0 Å². The Kier molecular flexibility index (Phi) is 4.49. The lowest BCUT2D eigenvalue weighted by atomic mass is 10.2. The van der Waals surface area contributed by atoms with Crippen LogP contribution in [0.5, 0.6) is 0 Å². The molecule has 0 fully saturated rings. The second-order valence-electron chi connectivity index (χ2n) is 4.13. The van der Waals surface area contributed by atoms with Gasteiger partial charge in [0, 0.05) is 17.1 Å². The first-order chi connectivity index (χ1) is 9.97. The van der Waals surface area contributed by atoms with Crippen LogP contribution in [0.3, 0.4) is 0 Å². The lowest BCUT2D eigenvalue weighted by molar-refractivity contribution is -0.385. The van der Waals surface area contributed by atoms with E-state index >= 15 is 0 Å². The number of halogens is 1. The van der Waals surface area contributed by atoms with Gasteiger partial charge < -0.3 is 10.4 Å². The summed E-state index contributed by atoms with van der Waals surface area (Å²) in [5, 5.41) is 22.6. The lowest BCUT2D eigenvalue weighted by Gasteiger charge is -2.08. The molecule has 8 heteroatoms. The van der Waals surface area contributed by atoms with E-state index in [-0.39, 0.29) is 17.1 Å². The molecule has 2 aromatic rings. The van der Waals surface area contributed by atoms with Gasteiger partial charge in [0.1, 0.15) is 17.6 Å². The number of benzene rings is 1. The summed E-state index contributed by atoms with van der Waals surface area (Å²) in [6.45, 7) is 0.359. The van der Waals surface area contributed by atoms with E-state index in [0.29, 0.717) is 6.54 Å². The zero-order valence-corrected chi connectivity index (χ0v) is 12.2. The molecule has 7 nitrogen and oxygen atoms in total. The first kappa shape index (κ1) is 14.9. The molecule has 0 aliphatic rings. The number of carboxylic acid groups (broad SMARTS) is 1. The predicted molar refractivity (Wildman–Crippen MR) is 79.3 cm³/mol. The summed E-state index contributed by atoms with van der Waals surface area (Å²) in [4.78, 5) is 24.9. The number of nitrogens with zero attached hydrogens (tertiary/aromatic N) is 2. The van der Waals surface area contributed by atoms with E-state index < -0.39 is 10.9 Å². The Balaban J connectivity index is 2.21. The first-order valence-corrected chi connectivity index (χ1v) is 6.62. The zero-order chi connectivity index (χ0) is 15.4. The van der Waals surface area contributed by atoms with E-state index in [1.165, 1.54) is 0 Å². The van der Waals surface area contributed by atoms with Gasteiger partial charge in [-0.1, -0.05) is 28.1 Å². The molecule has 0 aliphatic heterocycles. The molecule has 1 aromatic carbocycles. The largest absolute Gasteiger partial charge is 0.478 e. The van der Waals surface area contributed by atoms with Crippen LogP contribution in [-0.4, -0.2) is 21.0 Å². The average Bonchev–Trinajstić information content (AvgIpc) is 2.46. The number of nitrogens with one attached hydrogen (secondary N) is 1. The van der Waals surface area contributed by atoms with Crippen molar-refractivity contribution >= 4 is 33.4 Å². The van der Waals surface area contributed by atoms with E-state index in [1.54, 1.807) is 0 Å². The quantitative estimate of drug-likeness (QED) is 0.633. The fourth-order valence-electron chi connectivity index (χ4n) is 1.65. The summed E-state index contributed by atoms with van der Waals surface area (Å²) in [7, 11) is 0. The Morgan fingerprint density at radius 1 is 1.38 bits per heavy atom.